The third-order valence-corrected chi connectivity index (χ3v) is 2.91. The number of benzene rings is 1. The van der Waals surface area contributed by atoms with Gasteiger partial charge in [0.15, 0.2) is 0 Å². The van der Waals surface area contributed by atoms with Gasteiger partial charge in [0.2, 0.25) is 0 Å². The molecule has 1 rings (SSSR count). The van der Waals surface area contributed by atoms with Gasteiger partial charge in [0.1, 0.15) is 11.4 Å². The lowest BCUT2D eigenvalue weighted by atomic mass is 10.0. The fraction of sp³-hybridized carbons (Fsp3) is 0.562. The van der Waals surface area contributed by atoms with Crippen LogP contribution in [0.4, 0.5) is 4.79 Å². The molecule has 1 amide bonds. The zero-order chi connectivity index (χ0) is 16.0. The van der Waals surface area contributed by atoms with Crippen LogP contribution >= 0.6 is 0 Å². The molecular weight excluding hydrogens is 268 g/mol. The molecule has 0 spiro atoms. The largest absolute Gasteiger partial charge is 0.496 e. The van der Waals surface area contributed by atoms with Crippen LogP contribution in [-0.4, -0.2) is 31.4 Å². The summed E-state index contributed by atoms with van der Waals surface area (Å²) in [5, 5.41) is 2.80. The molecule has 0 heterocycles. The molecule has 1 aromatic carbocycles. The fourth-order valence-corrected chi connectivity index (χ4v) is 2.00. The van der Waals surface area contributed by atoms with Crippen LogP contribution in [0.1, 0.15) is 31.9 Å². The van der Waals surface area contributed by atoms with Crippen LogP contribution in [0, 0.1) is 6.92 Å². The highest BCUT2D eigenvalue weighted by atomic mass is 16.6. The van der Waals surface area contributed by atoms with Gasteiger partial charge in [-0.05, 0) is 45.7 Å². The summed E-state index contributed by atoms with van der Waals surface area (Å²) in [6.45, 7) is 7.83. The Bertz CT molecular complexity index is 481. The van der Waals surface area contributed by atoms with Crippen molar-refractivity contribution in [2.45, 2.75) is 45.8 Å². The quantitative estimate of drug-likeness (QED) is 0.874. The first kappa shape index (κ1) is 17.3. The third-order valence-electron chi connectivity index (χ3n) is 2.91. The molecule has 0 bridgehead atoms. The Morgan fingerprint density at radius 1 is 1.38 bits per heavy atom. The molecule has 1 atom stereocenters. The lowest BCUT2D eigenvalue weighted by Gasteiger charge is -2.23. The predicted molar refractivity (Wildman–Crippen MR) is 83.6 cm³/mol. The monoisotopic (exact) mass is 294 g/mol. The van der Waals surface area contributed by atoms with Gasteiger partial charge >= 0.3 is 6.09 Å². The Morgan fingerprint density at radius 2 is 2.05 bits per heavy atom. The number of aryl methyl sites for hydroxylation is 1. The number of rotatable bonds is 5. The molecule has 1 unspecified atom stereocenters. The van der Waals surface area contributed by atoms with Crippen molar-refractivity contribution in [3.8, 4) is 5.75 Å². The second kappa shape index (κ2) is 7.31. The number of methoxy groups -OCH3 is 1. The summed E-state index contributed by atoms with van der Waals surface area (Å²) >= 11 is 0. The van der Waals surface area contributed by atoms with Crippen LogP contribution in [-0.2, 0) is 11.2 Å². The molecule has 21 heavy (non-hydrogen) atoms. The Kier molecular flexibility index (Phi) is 6.03. The number of hydrogen-bond acceptors (Lipinski definition) is 4. The Hall–Kier alpha value is -1.75. The third kappa shape index (κ3) is 6.04. The van der Waals surface area contributed by atoms with E-state index in [0.717, 1.165) is 16.9 Å². The average molecular weight is 294 g/mol. The molecule has 1 aromatic rings. The molecule has 0 radical (unpaired) electrons. The summed E-state index contributed by atoms with van der Waals surface area (Å²) in [6.07, 6.45) is 0.144. The lowest BCUT2D eigenvalue weighted by molar-refractivity contribution is 0.0505. The van der Waals surface area contributed by atoms with Gasteiger partial charge in [0.25, 0.3) is 0 Å². The van der Waals surface area contributed by atoms with Crippen LogP contribution in [0.25, 0.3) is 0 Å². The highest BCUT2D eigenvalue weighted by Gasteiger charge is 2.20. The molecule has 0 saturated heterocycles. The molecule has 0 aromatic heterocycles. The van der Waals surface area contributed by atoms with E-state index in [1.165, 1.54) is 0 Å². The summed E-state index contributed by atoms with van der Waals surface area (Å²) in [5.74, 6) is 0.796. The number of carbonyl (C=O) groups excluding carboxylic acids is 1. The van der Waals surface area contributed by atoms with Gasteiger partial charge in [-0.15, -0.1) is 0 Å². The van der Waals surface area contributed by atoms with E-state index in [2.05, 4.69) is 5.32 Å². The predicted octanol–water partition coefficient (Wildman–Crippen LogP) is 2.40. The summed E-state index contributed by atoms with van der Waals surface area (Å²) in [7, 11) is 1.63. The number of hydrogen-bond donors (Lipinski definition) is 2. The van der Waals surface area contributed by atoms with Gasteiger partial charge in [-0.25, -0.2) is 4.79 Å². The zero-order valence-corrected chi connectivity index (χ0v) is 13.5. The first-order valence-electron chi connectivity index (χ1n) is 7.08. The van der Waals surface area contributed by atoms with Gasteiger partial charge in [-0.3, -0.25) is 0 Å². The van der Waals surface area contributed by atoms with E-state index in [-0.39, 0.29) is 6.04 Å². The van der Waals surface area contributed by atoms with Gasteiger partial charge in [-0.2, -0.15) is 0 Å². The van der Waals surface area contributed by atoms with Crippen LogP contribution in [0.2, 0.25) is 0 Å². The molecule has 0 aliphatic rings. The van der Waals surface area contributed by atoms with Crippen LogP contribution in [0.15, 0.2) is 18.2 Å². The Morgan fingerprint density at radius 3 is 2.57 bits per heavy atom. The number of nitrogens with one attached hydrogen (secondary N) is 1. The van der Waals surface area contributed by atoms with Crippen molar-refractivity contribution in [2.24, 2.45) is 5.73 Å². The van der Waals surface area contributed by atoms with Crippen molar-refractivity contribution in [3.63, 3.8) is 0 Å². The highest BCUT2D eigenvalue weighted by molar-refractivity contribution is 5.68. The van der Waals surface area contributed by atoms with Crippen LogP contribution < -0.4 is 15.8 Å². The van der Waals surface area contributed by atoms with Gasteiger partial charge in [0.05, 0.1) is 7.11 Å². The highest BCUT2D eigenvalue weighted by Crippen LogP contribution is 2.21. The van der Waals surface area contributed by atoms with E-state index in [4.69, 9.17) is 15.2 Å². The molecule has 0 fully saturated rings. The first-order chi connectivity index (χ1) is 9.75. The maximum Gasteiger partial charge on any atom is 0.407 e. The second-order valence-corrected chi connectivity index (χ2v) is 6.10. The van der Waals surface area contributed by atoms with Crippen LogP contribution in [0.5, 0.6) is 5.75 Å². The first-order valence-corrected chi connectivity index (χ1v) is 7.08. The number of alkyl carbamates (subject to hydrolysis) is 1. The number of amides is 1. The molecule has 5 nitrogen and oxygen atoms in total. The van der Waals surface area contributed by atoms with Crippen molar-refractivity contribution in [3.05, 3.63) is 29.3 Å². The molecule has 5 heteroatoms. The zero-order valence-electron chi connectivity index (χ0n) is 13.5. The maximum atomic E-state index is 11.8. The van der Waals surface area contributed by atoms with Crippen molar-refractivity contribution in [1.82, 2.24) is 5.32 Å². The molecule has 0 aliphatic carbocycles. The molecular formula is C16H26N2O3. The van der Waals surface area contributed by atoms with E-state index in [9.17, 15) is 4.79 Å². The fourth-order valence-electron chi connectivity index (χ4n) is 2.00. The average Bonchev–Trinajstić information content (AvgIpc) is 2.36. The van der Waals surface area contributed by atoms with Gasteiger partial charge in [-0.1, -0.05) is 17.7 Å². The minimum atomic E-state index is -0.524. The maximum absolute atomic E-state index is 11.8. The molecule has 118 valence electrons. The van der Waals surface area contributed by atoms with E-state index < -0.39 is 11.7 Å². The smallest absolute Gasteiger partial charge is 0.407 e. The van der Waals surface area contributed by atoms with Gasteiger partial charge in [0, 0.05) is 12.6 Å². The van der Waals surface area contributed by atoms with E-state index in [1.807, 2.05) is 45.9 Å². The summed E-state index contributed by atoms with van der Waals surface area (Å²) < 4.78 is 10.6. The number of ether oxygens (including phenoxy) is 2. The van der Waals surface area contributed by atoms with E-state index in [0.29, 0.717) is 13.0 Å². The van der Waals surface area contributed by atoms with Gasteiger partial charge < -0.3 is 20.5 Å². The molecule has 0 aliphatic heterocycles. The van der Waals surface area contributed by atoms with Crippen molar-refractivity contribution >= 4 is 6.09 Å². The SMILES string of the molecule is COc1ccc(C)cc1CC(CN)NC(=O)OC(C)(C)C. The van der Waals surface area contributed by atoms with Crippen molar-refractivity contribution in [2.75, 3.05) is 13.7 Å². The molecule has 3 N–H and O–H groups in total. The standard InChI is InChI=1S/C16H26N2O3/c1-11-6-7-14(20-5)12(8-11)9-13(10-17)18-15(19)21-16(2,3)4/h6-8,13H,9-10,17H2,1-5H3,(H,18,19). The number of carbonyl (C=O) groups is 1. The van der Waals surface area contributed by atoms with Crippen molar-refractivity contribution in [1.29, 1.82) is 0 Å². The van der Waals surface area contributed by atoms with Crippen molar-refractivity contribution < 1.29 is 14.3 Å². The second-order valence-electron chi connectivity index (χ2n) is 6.10. The van der Waals surface area contributed by atoms with E-state index >= 15 is 0 Å². The Labute approximate surface area is 126 Å². The molecule has 0 saturated carbocycles. The lowest BCUT2D eigenvalue weighted by Crippen LogP contribution is -2.44. The minimum Gasteiger partial charge on any atom is -0.496 e. The van der Waals surface area contributed by atoms with Crippen LogP contribution in [0.3, 0.4) is 0 Å². The normalized spacial score (nSPS) is 12.7. The van der Waals surface area contributed by atoms with E-state index in [1.54, 1.807) is 7.11 Å². The number of nitrogens with two attached hydrogens (primary N) is 1. The minimum absolute atomic E-state index is 0.199. The summed E-state index contributed by atoms with van der Waals surface area (Å²) in [4.78, 5) is 11.8. The Balaban J connectivity index is 2.74. The summed E-state index contributed by atoms with van der Waals surface area (Å²) in [5.41, 5.74) is 7.38. The topological polar surface area (TPSA) is 73.6 Å². The summed E-state index contributed by atoms with van der Waals surface area (Å²) in [6, 6.07) is 5.75.